The predicted molar refractivity (Wildman–Crippen MR) is 109 cm³/mol. The summed E-state index contributed by atoms with van der Waals surface area (Å²) in [5.41, 5.74) is 6.11. The fraction of sp³-hybridized carbons (Fsp3) is 0.429. The van der Waals surface area contributed by atoms with Crippen molar-refractivity contribution in [2.24, 2.45) is 0 Å². The Morgan fingerprint density at radius 1 is 1.33 bits per heavy atom. The minimum absolute atomic E-state index is 0.142. The zero-order valence-corrected chi connectivity index (χ0v) is 16.9. The van der Waals surface area contributed by atoms with Gasteiger partial charge in [-0.2, -0.15) is 0 Å². The Hall–Kier alpha value is -2.05. The highest BCUT2D eigenvalue weighted by molar-refractivity contribution is 7.99. The molecule has 0 amide bonds. The van der Waals surface area contributed by atoms with E-state index in [0.717, 1.165) is 59.1 Å². The van der Waals surface area contributed by atoms with Gasteiger partial charge in [0.2, 0.25) is 0 Å². The van der Waals surface area contributed by atoms with Gasteiger partial charge in [0.25, 0.3) is 0 Å². The Morgan fingerprint density at radius 2 is 2.19 bits per heavy atom. The van der Waals surface area contributed by atoms with E-state index in [1.807, 2.05) is 25.1 Å². The SMILES string of the molecule is Cc1ccc2nc(SCC(=O)c3cc(C)n(C[C@@H]4CCCO4)c3C)[nH]c2c1. The van der Waals surface area contributed by atoms with Crippen molar-refractivity contribution >= 4 is 28.6 Å². The molecule has 1 atom stereocenters. The van der Waals surface area contributed by atoms with Crippen molar-refractivity contribution in [2.45, 2.75) is 51.4 Å². The summed E-state index contributed by atoms with van der Waals surface area (Å²) in [7, 11) is 0. The van der Waals surface area contributed by atoms with Gasteiger partial charge in [-0.15, -0.1) is 0 Å². The first-order chi connectivity index (χ1) is 13.0. The number of carbonyl (C=O) groups is 1. The van der Waals surface area contributed by atoms with Crippen molar-refractivity contribution in [1.82, 2.24) is 14.5 Å². The van der Waals surface area contributed by atoms with Crippen molar-refractivity contribution in [1.29, 1.82) is 0 Å². The number of hydrogen-bond donors (Lipinski definition) is 1. The van der Waals surface area contributed by atoms with Crippen LogP contribution in [0.25, 0.3) is 11.0 Å². The van der Waals surface area contributed by atoms with Gasteiger partial charge in [-0.05, 0) is 57.4 Å². The van der Waals surface area contributed by atoms with Gasteiger partial charge in [-0.25, -0.2) is 4.98 Å². The molecule has 1 aliphatic heterocycles. The van der Waals surface area contributed by atoms with Crippen LogP contribution in [0.1, 0.15) is 40.2 Å². The summed E-state index contributed by atoms with van der Waals surface area (Å²) in [6.45, 7) is 7.84. The van der Waals surface area contributed by atoms with E-state index in [-0.39, 0.29) is 11.9 Å². The first kappa shape index (κ1) is 18.3. The maximum absolute atomic E-state index is 12.8. The van der Waals surface area contributed by atoms with Crippen LogP contribution in [0.15, 0.2) is 29.4 Å². The molecule has 0 spiro atoms. The van der Waals surface area contributed by atoms with Crippen LogP contribution in [0, 0.1) is 20.8 Å². The minimum atomic E-state index is 0.142. The number of nitrogens with zero attached hydrogens (tertiary/aromatic N) is 2. The topological polar surface area (TPSA) is 59.9 Å². The van der Waals surface area contributed by atoms with Gasteiger partial charge in [-0.3, -0.25) is 4.79 Å². The molecule has 0 saturated carbocycles. The molecule has 5 nitrogen and oxygen atoms in total. The number of imidazole rings is 1. The van der Waals surface area contributed by atoms with Crippen molar-refractivity contribution in [3.8, 4) is 0 Å². The molecule has 4 rings (SSSR count). The van der Waals surface area contributed by atoms with Crippen molar-refractivity contribution < 1.29 is 9.53 Å². The zero-order chi connectivity index (χ0) is 19.0. The lowest BCUT2D eigenvalue weighted by Crippen LogP contribution is -2.17. The summed E-state index contributed by atoms with van der Waals surface area (Å²) in [6, 6.07) is 8.14. The van der Waals surface area contributed by atoms with Gasteiger partial charge in [0.1, 0.15) is 0 Å². The van der Waals surface area contributed by atoms with E-state index in [1.165, 1.54) is 17.3 Å². The molecule has 1 N–H and O–H groups in total. The quantitative estimate of drug-likeness (QED) is 0.505. The number of benzene rings is 1. The highest BCUT2D eigenvalue weighted by atomic mass is 32.2. The van der Waals surface area contributed by atoms with Gasteiger partial charge in [0.05, 0.1) is 22.9 Å². The van der Waals surface area contributed by atoms with E-state index >= 15 is 0 Å². The van der Waals surface area contributed by atoms with Crippen LogP contribution in [-0.2, 0) is 11.3 Å². The largest absolute Gasteiger partial charge is 0.376 e. The molecule has 2 aromatic heterocycles. The summed E-state index contributed by atoms with van der Waals surface area (Å²) >= 11 is 1.46. The molecule has 1 aromatic carbocycles. The Bertz CT molecular complexity index is 983. The molecule has 142 valence electrons. The molecule has 27 heavy (non-hydrogen) atoms. The third kappa shape index (κ3) is 3.82. The number of Topliss-reactive ketones (excluding diaryl/α,β-unsaturated/α-hetero) is 1. The second-order valence-electron chi connectivity index (χ2n) is 7.30. The maximum Gasteiger partial charge on any atom is 0.175 e. The number of carbonyl (C=O) groups excluding carboxylic acids is 1. The Kier molecular flexibility index (Phi) is 5.10. The molecule has 1 saturated heterocycles. The number of ether oxygens (including phenoxy) is 1. The van der Waals surface area contributed by atoms with Crippen LogP contribution in [0.2, 0.25) is 0 Å². The lowest BCUT2D eigenvalue weighted by molar-refractivity contribution is 0.0957. The van der Waals surface area contributed by atoms with E-state index in [1.54, 1.807) is 0 Å². The summed E-state index contributed by atoms with van der Waals surface area (Å²) in [5, 5.41) is 0.789. The molecular weight excluding hydrogens is 358 g/mol. The van der Waals surface area contributed by atoms with Gasteiger partial charge in [0.15, 0.2) is 10.9 Å². The predicted octanol–water partition coefficient (Wildman–Crippen LogP) is 4.44. The second-order valence-corrected chi connectivity index (χ2v) is 8.27. The number of nitrogens with one attached hydrogen (secondary N) is 1. The molecule has 0 bridgehead atoms. The fourth-order valence-electron chi connectivity index (χ4n) is 3.74. The number of rotatable bonds is 6. The normalized spacial score (nSPS) is 17.1. The molecule has 0 aliphatic carbocycles. The molecule has 3 heterocycles. The van der Waals surface area contributed by atoms with Crippen molar-refractivity contribution in [3.05, 3.63) is 46.8 Å². The first-order valence-corrected chi connectivity index (χ1v) is 10.4. The zero-order valence-electron chi connectivity index (χ0n) is 16.0. The molecular formula is C21H25N3O2S. The van der Waals surface area contributed by atoms with E-state index in [2.05, 4.69) is 34.4 Å². The monoisotopic (exact) mass is 383 g/mol. The summed E-state index contributed by atoms with van der Waals surface area (Å²) in [4.78, 5) is 20.7. The molecule has 0 unspecified atom stereocenters. The third-order valence-electron chi connectivity index (χ3n) is 5.24. The number of fused-ring (bicyclic) bond motifs is 1. The standard InChI is InChI=1S/C21H25N3O2S/c1-13-6-7-18-19(9-13)23-21(22-18)27-12-20(25)17-10-14(2)24(15(17)3)11-16-5-4-8-26-16/h6-7,9-10,16H,4-5,8,11-12H2,1-3H3,(H,22,23)/t16-/m0/s1. The first-order valence-electron chi connectivity index (χ1n) is 9.42. The molecule has 1 fully saturated rings. The maximum atomic E-state index is 12.8. The van der Waals surface area contributed by atoms with Crippen LogP contribution in [0.5, 0.6) is 0 Å². The van der Waals surface area contributed by atoms with E-state index in [4.69, 9.17) is 4.74 Å². The number of aryl methyl sites for hydroxylation is 2. The number of thioether (sulfide) groups is 1. The Labute approximate surface area is 163 Å². The third-order valence-corrected chi connectivity index (χ3v) is 6.11. The fourth-order valence-corrected chi connectivity index (χ4v) is 4.50. The number of ketones is 1. The van der Waals surface area contributed by atoms with Crippen LogP contribution in [0.4, 0.5) is 0 Å². The van der Waals surface area contributed by atoms with Crippen LogP contribution < -0.4 is 0 Å². The van der Waals surface area contributed by atoms with Gasteiger partial charge in [0, 0.05) is 30.1 Å². The highest BCUT2D eigenvalue weighted by Gasteiger charge is 2.21. The highest BCUT2D eigenvalue weighted by Crippen LogP contribution is 2.24. The smallest absolute Gasteiger partial charge is 0.175 e. The van der Waals surface area contributed by atoms with Crippen LogP contribution in [0.3, 0.4) is 0 Å². The molecule has 0 radical (unpaired) electrons. The van der Waals surface area contributed by atoms with Gasteiger partial charge >= 0.3 is 0 Å². The summed E-state index contributed by atoms with van der Waals surface area (Å²) in [5.74, 6) is 0.520. The van der Waals surface area contributed by atoms with Crippen LogP contribution in [-0.4, -0.2) is 38.8 Å². The summed E-state index contributed by atoms with van der Waals surface area (Å²) < 4.78 is 7.98. The number of hydrogen-bond acceptors (Lipinski definition) is 4. The van der Waals surface area contributed by atoms with Gasteiger partial charge < -0.3 is 14.3 Å². The lowest BCUT2D eigenvalue weighted by Gasteiger charge is -2.14. The average Bonchev–Trinajstić information content (AvgIpc) is 3.35. The van der Waals surface area contributed by atoms with Gasteiger partial charge in [-0.1, -0.05) is 17.8 Å². The van der Waals surface area contributed by atoms with E-state index < -0.39 is 0 Å². The second kappa shape index (κ2) is 7.52. The van der Waals surface area contributed by atoms with Crippen LogP contribution >= 0.6 is 11.8 Å². The summed E-state index contributed by atoms with van der Waals surface area (Å²) in [6.07, 6.45) is 2.50. The van der Waals surface area contributed by atoms with Crippen molar-refractivity contribution in [2.75, 3.05) is 12.4 Å². The lowest BCUT2D eigenvalue weighted by atomic mass is 10.2. The average molecular weight is 384 g/mol. The Balaban J connectivity index is 1.45. The van der Waals surface area contributed by atoms with E-state index in [9.17, 15) is 4.79 Å². The molecule has 3 aromatic rings. The number of aromatic amines is 1. The number of H-pyrrole nitrogens is 1. The van der Waals surface area contributed by atoms with Crippen molar-refractivity contribution in [3.63, 3.8) is 0 Å². The van der Waals surface area contributed by atoms with E-state index in [0.29, 0.717) is 5.75 Å². The Morgan fingerprint density at radius 3 is 2.96 bits per heavy atom. The number of aromatic nitrogens is 3. The molecule has 6 heteroatoms. The minimum Gasteiger partial charge on any atom is -0.376 e. The molecule has 1 aliphatic rings.